The Morgan fingerprint density at radius 1 is 1.24 bits per heavy atom. The summed E-state index contributed by atoms with van der Waals surface area (Å²) in [6.07, 6.45) is 0.254. The fourth-order valence-corrected chi connectivity index (χ4v) is 3.13. The van der Waals surface area contributed by atoms with E-state index in [9.17, 15) is 4.79 Å². The lowest BCUT2D eigenvalue weighted by Gasteiger charge is -2.16. The molecule has 0 aliphatic carbocycles. The molecule has 110 valence electrons. The summed E-state index contributed by atoms with van der Waals surface area (Å²) < 4.78 is 6.84. The number of hydrogen-bond donors (Lipinski definition) is 0. The predicted molar refractivity (Wildman–Crippen MR) is 92.8 cm³/mol. The van der Waals surface area contributed by atoms with Gasteiger partial charge in [0.05, 0.1) is 0 Å². The molecule has 0 N–H and O–H groups in total. The van der Waals surface area contributed by atoms with Crippen molar-refractivity contribution in [1.82, 2.24) is 0 Å². The Morgan fingerprint density at radius 3 is 2.62 bits per heavy atom. The summed E-state index contributed by atoms with van der Waals surface area (Å²) in [5.74, 6) is 0.764. The molecule has 2 atom stereocenters. The van der Waals surface area contributed by atoms with Crippen LogP contribution in [0.2, 0.25) is 0 Å². The number of carbonyl (C=O) groups excluding carboxylic acids is 1. The van der Waals surface area contributed by atoms with Crippen LogP contribution in [0, 0.1) is 0 Å². The minimum Gasteiger partial charge on any atom is -0.489 e. The molecule has 0 fully saturated rings. The van der Waals surface area contributed by atoms with Crippen molar-refractivity contribution in [2.24, 2.45) is 0 Å². The van der Waals surface area contributed by atoms with Gasteiger partial charge >= 0.3 is 0 Å². The molecule has 0 heterocycles. The summed E-state index contributed by atoms with van der Waals surface area (Å²) in [5.41, 5.74) is 1.97. The van der Waals surface area contributed by atoms with Gasteiger partial charge in [-0.3, -0.25) is 4.79 Å². The van der Waals surface area contributed by atoms with Crippen LogP contribution >= 0.6 is 36.8 Å². The Balaban J connectivity index is 2.16. The maximum absolute atomic E-state index is 11.1. The van der Waals surface area contributed by atoms with Crippen LogP contribution in [-0.2, 0) is 11.4 Å². The van der Waals surface area contributed by atoms with Gasteiger partial charge in [-0.1, -0.05) is 46.3 Å². The molecule has 0 aliphatic heterocycles. The van der Waals surface area contributed by atoms with Gasteiger partial charge in [0.2, 0.25) is 5.24 Å². The van der Waals surface area contributed by atoms with Crippen LogP contribution in [0.15, 0.2) is 53.0 Å². The third kappa shape index (κ3) is 5.10. The van der Waals surface area contributed by atoms with Gasteiger partial charge in [0.1, 0.15) is 12.4 Å². The SMILES string of the molecule is O=C(Cl)CC(P)c1cc(Br)ccc1OCc1ccccc1. The molecule has 0 aromatic heterocycles. The van der Waals surface area contributed by atoms with Crippen molar-refractivity contribution in [2.75, 3.05) is 0 Å². The van der Waals surface area contributed by atoms with Gasteiger partial charge in [-0.25, -0.2) is 0 Å². The first-order valence-electron chi connectivity index (χ1n) is 6.46. The molecule has 2 nitrogen and oxygen atoms in total. The van der Waals surface area contributed by atoms with Gasteiger partial charge in [0.25, 0.3) is 0 Å². The highest BCUT2D eigenvalue weighted by molar-refractivity contribution is 9.10. The fraction of sp³-hybridized carbons (Fsp3) is 0.188. The minimum absolute atomic E-state index is 0.0710. The second-order valence-corrected chi connectivity index (χ2v) is 6.76. The molecule has 2 unspecified atom stereocenters. The molecule has 0 spiro atoms. The molecule has 0 radical (unpaired) electrons. The molecule has 0 saturated carbocycles. The van der Waals surface area contributed by atoms with E-state index >= 15 is 0 Å². The van der Waals surface area contributed by atoms with Gasteiger partial charge < -0.3 is 4.74 Å². The minimum atomic E-state index is -0.357. The summed E-state index contributed by atoms with van der Waals surface area (Å²) in [4.78, 5) is 11.1. The predicted octanol–water partition coefficient (Wildman–Crippen LogP) is 5.10. The van der Waals surface area contributed by atoms with Crippen LogP contribution in [0.3, 0.4) is 0 Å². The van der Waals surface area contributed by atoms with E-state index in [1.54, 1.807) is 0 Å². The second kappa shape index (κ2) is 7.93. The Kier molecular flexibility index (Phi) is 6.22. The molecule has 0 saturated heterocycles. The molecule has 0 aliphatic rings. The molecule has 0 amide bonds. The zero-order chi connectivity index (χ0) is 15.2. The third-order valence-corrected chi connectivity index (χ3v) is 4.23. The molecule has 2 aromatic rings. The monoisotopic (exact) mass is 384 g/mol. The van der Waals surface area contributed by atoms with E-state index in [2.05, 4.69) is 25.2 Å². The normalized spacial score (nSPS) is 12.0. The lowest BCUT2D eigenvalue weighted by molar-refractivity contribution is -0.111. The molecule has 21 heavy (non-hydrogen) atoms. The Bertz CT molecular complexity index is 619. The smallest absolute Gasteiger partial charge is 0.222 e. The summed E-state index contributed by atoms with van der Waals surface area (Å²) in [6.45, 7) is 0.488. The summed E-state index contributed by atoms with van der Waals surface area (Å²) >= 11 is 8.93. The van der Waals surface area contributed by atoms with Crippen molar-refractivity contribution in [3.8, 4) is 5.75 Å². The quantitative estimate of drug-likeness (QED) is 0.511. The van der Waals surface area contributed by atoms with E-state index in [0.717, 1.165) is 21.3 Å². The standard InChI is InChI=1S/C16H15BrClO2P/c17-12-6-7-14(13(8-12)15(21)9-16(18)19)20-10-11-4-2-1-3-5-11/h1-8,15H,9-10,21H2. The molecular formula is C16H15BrClO2P. The number of carbonyl (C=O) groups is 1. The van der Waals surface area contributed by atoms with Gasteiger partial charge in [0, 0.05) is 22.1 Å². The van der Waals surface area contributed by atoms with E-state index in [1.807, 2.05) is 48.5 Å². The zero-order valence-electron chi connectivity index (χ0n) is 11.3. The molecule has 2 rings (SSSR count). The van der Waals surface area contributed by atoms with Crippen LogP contribution < -0.4 is 4.74 Å². The van der Waals surface area contributed by atoms with Crippen molar-refractivity contribution in [2.45, 2.75) is 18.7 Å². The van der Waals surface area contributed by atoms with E-state index < -0.39 is 0 Å². The first-order valence-corrected chi connectivity index (χ1v) is 8.30. The zero-order valence-corrected chi connectivity index (χ0v) is 14.8. The topological polar surface area (TPSA) is 26.3 Å². The van der Waals surface area contributed by atoms with E-state index in [1.165, 1.54) is 0 Å². The number of rotatable bonds is 6. The first kappa shape index (κ1) is 16.5. The van der Waals surface area contributed by atoms with Gasteiger partial charge in [-0.05, 0) is 35.4 Å². The average Bonchev–Trinajstić information content (AvgIpc) is 2.46. The average molecular weight is 386 g/mol. The Hall–Kier alpha value is -0.890. The number of hydrogen-bond acceptors (Lipinski definition) is 2. The van der Waals surface area contributed by atoms with Crippen LogP contribution in [0.1, 0.15) is 23.2 Å². The molecule has 2 aromatic carbocycles. The fourth-order valence-electron chi connectivity index (χ4n) is 1.96. The van der Waals surface area contributed by atoms with E-state index in [0.29, 0.717) is 6.61 Å². The van der Waals surface area contributed by atoms with Crippen molar-refractivity contribution >= 4 is 42.0 Å². The van der Waals surface area contributed by atoms with Crippen LogP contribution in [0.5, 0.6) is 5.75 Å². The third-order valence-electron chi connectivity index (χ3n) is 2.99. The maximum atomic E-state index is 11.1. The lowest BCUT2D eigenvalue weighted by atomic mass is 10.1. The highest BCUT2D eigenvalue weighted by atomic mass is 79.9. The Labute approximate surface area is 140 Å². The molecule has 5 heteroatoms. The van der Waals surface area contributed by atoms with Gasteiger partial charge in [0.15, 0.2) is 0 Å². The lowest BCUT2D eigenvalue weighted by Crippen LogP contribution is -2.02. The summed E-state index contributed by atoms with van der Waals surface area (Å²) in [7, 11) is 2.65. The molecular weight excluding hydrogens is 371 g/mol. The van der Waals surface area contributed by atoms with E-state index in [-0.39, 0.29) is 17.3 Å². The van der Waals surface area contributed by atoms with Crippen LogP contribution in [0.4, 0.5) is 0 Å². The Morgan fingerprint density at radius 2 is 1.95 bits per heavy atom. The highest BCUT2D eigenvalue weighted by Crippen LogP contribution is 2.36. The highest BCUT2D eigenvalue weighted by Gasteiger charge is 2.15. The maximum Gasteiger partial charge on any atom is 0.222 e. The number of benzene rings is 2. The van der Waals surface area contributed by atoms with Gasteiger partial charge in [-0.15, -0.1) is 9.24 Å². The van der Waals surface area contributed by atoms with Crippen molar-refractivity contribution in [3.05, 3.63) is 64.1 Å². The first-order chi connectivity index (χ1) is 10.1. The van der Waals surface area contributed by atoms with Crippen LogP contribution in [0.25, 0.3) is 0 Å². The largest absolute Gasteiger partial charge is 0.489 e. The van der Waals surface area contributed by atoms with E-state index in [4.69, 9.17) is 16.3 Å². The van der Waals surface area contributed by atoms with Gasteiger partial charge in [-0.2, -0.15) is 0 Å². The summed E-state index contributed by atoms with van der Waals surface area (Å²) in [6, 6.07) is 15.7. The van der Waals surface area contributed by atoms with Crippen molar-refractivity contribution in [1.29, 1.82) is 0 Å². The second-order valence-electron chi connectivity index (χ2n) is 4.62. The van der Waals surface area contributed by atoms with Crippen LogP contribution in [-0.4, -0.2) is 5.24 Å². The summed E-state index contributed by atoms with van der Waals surface area (Å²) in [5, 5.41) is -0.357. The molecule has 0 bridgehead atoms. The van der Waals surface area contributed by atoms with Crippen molar-refractivity contribution < 1.29 is 9.53 Å². The number of halogens is 2. The number of ether oxygens (including phenoxy) is 1. The van der Waals surface area contributed by atoms with Crippen molar-refractivity contribution in [3.63, 3.8) is 0 Å².